The van der Waals surface area contributed by atoms with Gasteiger partial charge in [-0.3, -0.25) is 4.90 Å². The number of hydrogen-bond donors (Lipinski definition) is 3. The van der Waals surface area contributed by atoms with E-state index in [4.69, 9.17) is 10.5 Å². The summed E-state index contributed by atoms with van der Waals surface area (Å²) in [6.45, 7) is 2.97. The summed E-state index contributed by atoms with van der Waals surface area (Å²) in [5.74, 6) is -0.668. The van der Waals surface area contributed by atoms with E-state index in [1.807, 2.05) is 0 Å². The first kappa shape index (κ1) is 29.5. The van der Waals surface area contributed by atoms with Crippen LogP contribution < -0.4 is 16.4 Å². The first-order chi connectivity index (χ1) is 20.1. The molecule has 0 saturated carbocycles. The Kier molecular flexibility index (Phi) is 8.48. The summed E-state index contributed by atoms with van der Waals surface area (Å²) < 4.78 is 62.1. The third-order valence-electron chi connectivity index (χ3n) is 6.74. The number of rotatable bonds is 6. The van der Waals surface area contributed by atoms with Crippen LogP contribution in [0.15, 0.2) is 42.7 Å². The number of amides is 2. The molecule has 218 valence electrons. The van der Waals surface area contributed by atoms with Crippen LogP contribution in [-0.4, -0.2) is 51.8 Å². The highest BCUT2D eigenvalue weighted by Gasteiger charge is 2.31. The third-order valence-corrected chi connectivity index (χ3v) is 7.68. The van der Waals surface area contributed by atoms with E-state index in [9.17, 15) is 23.2 Å². The maximum Gasteiger partial charge on any atom is 0.416 e. The number of carbonyl (C=O) groups is 1. The Morgan fingerprint density at radius 3 is 2.57 bits per heavy atom. The lowest BCUT2D eigenvalue weighted by Crippen LogP contribution is -2.36. The van der Waals surface area contributed by atoms with E-state index < -0.39 is 23.6 Å². The van der Waals surface area contributed by atoms with Gasteiger partial charge in [0, 0.05) is 28.8 Å². The number of urea groups is 1. The monoisotopic (exact) mass is 694 g/mol. The van der Waals surface area contributed by atoms with Crippen molar-refractivity contribution in [3.8, 4) is 17.2 Å². The number of nitrogen functional groups attached to an aromatic ring is 1. The van der Waals surface area contributed by atoms with Crippen molar-refractivity contribution in [1.82, 2.24) is 19.5 Å². The molecular weight excluding hydrogens is 671 g/mol. The van der Waals surface area contributed by atoms with Crippen molar-refractivity contribution in [3.63, 3.8) is 0 Å². The van der Waals surface area contributed by atoms with Crippen LogP contribution in [0, 0.1) is 20.7 Å². The summed E-state index contributed by atoms with van der Waals surface area (Å²) in [6.07, 6.45) is -3.29. The van der Waals surface area contributed by atoms with Gasteiger partial charge in [-0.1, -0.05) is 6.07 Å². The molecule has 2 aromatic carbocycles. The number of benzene rings is 2. The number of nitrogens with one attached hydrogen (secondary N) is 2. The van der Waals surface area contributed by atoms with Gasteiger partial charge in [0.15, 0.2) is 5.82 Å². The van der Waals surface area contributed by atoms with Crippen molar-refractivity contribution in [1.29, 1.82) is 5.26 Å². The van der Waals surface area contributed by atoms with Gasteiger partial charge in [0.25, 0.3) is 0 Å². The number of anilines is 3. The van der Waals surface area contributed by atoms with E-state index in [1.165, 1.54) is 24.5 Å². The zero-order valence-corrected chi connectivity index (χ0v) is 24.0. The minimum Gasteiger partial charge on any atom is -0.382 e. The smallest absolute Gasteiger partial charge is 0.382 e. The lowest BCUT2D eigenvalue weighted by molar-refractivity contribution is -0.137. The molecule has 5 rings (SSSR count). The molecule has 0 aliphatic carbocycles. The predicted octanol–water partition coefficient (Wildman–Crippen LogP) is 5.28. The summed E-state index contributed by atoms with van der Waals surface area (Å²) in [7, 11) is 0. The predicted molar refractivity (Wildman–Crippen MR) is 155 cm³/mol. The fourth-order valence-electron chi connectivity index (χ4n) is 4.78. The first-order valence-corrected chi connectivity index (χ1v) is 13.7. The number of aromatic nitrogens is 3. The Morgan fingerprint density at radius 1 is 1.14 bits per heavy atom. The van der Waals surface area contributed by atoms with E-state index in [1.54, 1.807) is 33.2 Å². The minimum absolute atomic E-state index is 0.00252. The first-order valence-electron chi connectivity index (χ1n) is 12.6. The zero-order valence-electron chi connectivity index (χ0n) is 21.8. The lowest BCUT2D eigenvalue weighted by atomic mass is 9.98. The number of nitrogens with zero attached hydrogens (tertiary/aromatic N) is 5. The number of hydrogen-bond acceptors (Lipinski definition) is 7. The third kappa shape index (κ3) is 6.10. The second-order valence-electron chi connectivity index (χ2n) is 9.40. The van der Waals surface area contributed by atoms with Crippen molar-refractivity contribution in [2.45, 2.75) is 19.1 Å². The Balaban J connectivity index is 1.47. The number of morpholine rings is 1. The number of ether oxygens (including phenoxy) is 1. The topological polar surface area (TPSA) is 134 Å². The van der Waals surface area contributed by atoms with Crippen molar-refractivity contribution in [3.05, 3.63) is 68.9 Å². The van der Waals surface area contributed by atoms with Gasteiger partial charge in [-0.2, -0.15) is 23.5 Å². The highest BCUT2D eigenvalue weighted by atomic mass is 127. The van der Waals surface area contributed by atoms with E-state index >= 15 is 4.39 Å². The van der Waals surface area contributed by atoms with Crippen LogP contribution in [0.25, 0.3) is 16.6 Å². The molecule has 0 unspecified atom stereocenters. The van der Waals surface area contributed by atoms with E-state index in [0.29, 0.717) is 58.6 Å². The number of fused-ring (bicyclic) bond motifs is 1. The number of halogens is 5. The van der Waals surface area contributed by atoms with E-state index in [2.05, 4.69) is 31.7 Å². The van der Waals surface area contributed by atoms with Crippen LogP contribution >= 0.6 is 22.6 Å². The largest absolute Gasteiger partial charge is 0.416 e. The summed E-state index contributed by atoms with van der Waals surface area (Å²) in [5.41, 5.74) is 7.65. The van der Waals surface area contributed by atoms with Gasteiger partial charge in [-0.25, -0.2) is 18.7 Å². The summed E-state index contributed by atoms with van der Waals surface area (Å²) in [4.78, 5) is 18.9. The molecule has 0 spiro atoms. The van der Waals surface area contributed by atoms with Crippen molar-refractivity contribution in [2.24, 2.45) is 0 Å². The summed E-state index contributed by atoms with van der Waals surface area (Å²) >= 11 is 1.79. The lowest BCUT2D eigenvalue weighted by Gasteiger charge is -2.26. The molecule has 15 heteroatoms. The fraction of sp³-hybridized carbons (Fsp3) is 0.259. The molecule has 3 heterocycles. The van der Waals surface area contributed by atoms with Crippen LogP contribution in [0.2, 0.25) is 0 Å². The van der Waals surface area contributed by atoms with Crippen molar-refractivity contribution >= 4 is 51.3 Å². The highest BCUT2D eigenvalue weighted by molar-refractivity contribution is 14.1. The maximum absolute atomic E-state index is 15.4. The number of nitriles is 1. The normalized spacial score (nSPS) is 14.1. The van der Waals surface area contributed by atoms with Crippen molar-refractivity contribution in [2.75, 3.05) is 42.7 Å². The van der Waals surface area contributed by atoms with Crippen LogP contribution in [-0.2, 0) is 23.9 Å². The molecule has 2 amide bonds. The standard InChI is InChI=1S/C27H23F4IN8O2/c28-18-11-15(1-4-20(18)37-26(41)38-21-12-16(27(29,30)31)2-3-19(21)32)23-17(5-6-33)22(13-39-7-9-42-10-8-39)40-24(23)25(34)35-14-36-40/h1-4,11-12,14H,5,7-10,13H2,(H2,34,35,36)(H2,37,38,41). The zero-order chi connectivity index (χ0) is 30.0. The van der Waals surface area contributed by atoms with Gasteiger partial charge in [0.05, 0.1) is 48.3 Å². The average molecular weight is 694 g/mol. The fourth-order valence-corrected chi connectivity index (χ4v) is 5.25. The average Bonchev–Trinajstić information content (AvgIpc) is 3.25. The molecule has 2 aromatic heterocycles. The second kappa shape index (κ2) is 12.1. The molecule has 4 aromatic rings. The van der Waals surface area contributed by atoms with Gasteiger partial charge in [-0.05, 0) is 64.0 Å². The summed E-state index contributed by atoms with van der Waals surface area (Å²) in [6, 6.07) is 8.22. The SMILES string of the molecule is N#CCc1c(-c2ccc(NC(=O)Nc3cc(C(F)(F)F)ccc3I)c(F)c2)c2c(N)ncnn2c1CN1CCOCC1. The van der Waals surface area contributed by atoms with Crippen LogP contribution in [0.5, 0.6) is 0 Å². The molecule has 1 fully saturated rings. The van der Waals surface area contributed by atoms with Crippen LogP contribution in [0.4, 0.5) is 39.5 Å². The molecule has 42 heavy (non-hydrogen) atoms. The van der Waals surface area contributed by atoms with Gasteiger partial charge in [0.2, 0.25) is 0 Å². The van der Waals surface area contributed by atoms with Crippen LogP contribution in [0.1, 0.15) is 16.8 Å². The van der Waals surface area contributed by atoms with Gasteiger partial charge >= 0.3 is 12.2 Å². The van der Waals surface area contributed by atoms with Gasteiger partial charge < -0.3 is 21.1 Å². The quantitative estimate of drug-likeness (QED) is 0.185. The summed E-state index contributed by atoms with van der Waals surface area (Å²) in [5, 5.41) is 18.7. The number of nitrogens with two attached hydrogens (primary N) is 1. The Labute approximate surface area is 250 Å². The van der Waals surface area contributed by atoms with Crippen molar-refractivity contribution < 1.29 is 27.1 Å². The van der Waals surface area contributed by atoms with E-state index in [-0.39, 0.29) is 23.6 Å². The minimum atomic E-state index is -4.59. The molecule has 0 radical (unpaired) electrons. The Bertz CT molecular complexity index is 1700. The Morgan fingerprint density at radius 2 is 1.88 bits per heavy atom. The van der Waals surface area contributed by atoms with E-state index in [0.717, 1.165) is 17.8 Å². The maximum atomic E-state index is 15.4. The molecule has 10 nitrogen and oxygen atoms in total. The molecule has 1 aliphatic heterocycles. The second-order valence-corrected chi connectivity index (χ2v) is 10.6. The molecule has 1 aliphatic rings. The molecule has 0 bridgehead atoms. The van der Waals surface area contributed by atoms with Crippen LogP contribution in [0.3, 0.4) is 0 Å². The number of alkyl halides is 3. The number of carbonyl (C=O) groups excluding carboxylic acids is 1. The molecule has 4 N–H and O–H groups in total. The molecule has 1 saturated heterocycles. The Hall–Kier alpha value is -4.01. The molecule has 0 atom stereocenters. The van der Waals surface area contributed by atoms with Gasteiger partial charge in [0.1, 0.15) is 17.7 Å². The molecular formula is C27H23F4IN8O2. The van der Waals surface area contributed by atoms with Gasteiger partial charge in [-0.15, -0.1) is 0 Å². The highest BCUT2D eigenvalue weighted by Crippen LogP contribution is 2.38.